The van der Waals surface area contributed by atoms with E-state index in [9.17, 15) is 26.4 Å². The van der Waals surface area contributed by atoms with Gasteiger partial charge in [-0.25, -0.2) is 46.3 Å². The topological polar surface area (TPSA) is 103 Å². The first-order valence-electron chi connectivity index (χ1n) is 10.4. The molecule has 4 aliphatic rings. The molecular weight excluding hydrogens is 478 g/mol. The lowest BCUT2D eigenvalue weighted by Gasteiger charge is -2.39. The van der Waals surface area contributed by atoms with Crippen molar-refractivity contribution < 1.29 is 35.5 Å². The SMILES string of the molecule is COCCN1C(=O)N(C2NNC(C(F)F)S2)C2CC(S(=O)(=O)NC3(CF)CC3)C(F)CC21. The Labute approximate surface area is 188 Å². The monoisotopic (exact) mass is 505 g/mol. The summed E-state index contributed by atoms with van der Waals surface area (Å²) < 4.78 is 87.8. The summed E-state index contributed by atoms with van der Waals surface area (Å²) in [6.45, 7) is -0.532. The van der Waals surface area contributed by atoms with E-state index >= 15 is 4.39 Å². The van der Waals surface area contributed by atoms with Crippen molar-refractivity contribution in [1.82, 2.24) is 25.4 Å². The number of thioether (sulfide) groups is 1. The number of alkyl halides is 4. The quantitative estimate of drug-likeness (QED) is 0.398. The molecule has 2 saturated carbocycles. The number of hydrogen-bond donors (Lipinski definition) is 3. The molecule has 2 aliphatic heterocycles. The molecule has 0 spiro atoms. The van der Waals surface area contributed by atoms with Crippen LogP contribution in [0.15, 0.2) is 0 Å². The Hall–Kier alpha value is -0.870. The third-order valence-electron chi connectivity index (χ3n) is 6.52. The molecule has 15 heteroatoms. The van der Waals surface area contributed by atoms with Gasteiger partial charge in [-0.3, -0.25) is 4.90 Å². The lowest BCUT2D eigenvalue weighted by molar-refractivity contribution is 0.108. The van der Waals surface area contributed by atoms with Gasteiger partial charge in [0, 0.05) is 20.1 Å². The van der Waals surface area contributed by atoms with E-state index < -0.39 is 69.1 Å². The van der Waals surface area contributed by atoms with Crippen molar-refractivity contribution in [3.63, 3.8) is 0 Å². The Morgan fingerprint density at radius 2 is 2.00 bits per heavy atom. The maximum absolute atomic E-state index is 15.1. The van der Waals surface area contributed by atoms with Gasteiger partial charge in [0.05, 0.1) is 24.2 Å². The van der Waals surface area contributed by atoms with Crippen LogP contribution in [-0.4, -0.2) is 97.5 Å². The molecule has 6 atom stereocenters. The number of nitrogens with one attached hydrogen (secondary N) is 3. The smallest absolute Gasteiger partial charge is 0.322 e. The van der Waals surface area contributed by atoms with Crippen molar-refractivity contribution in [1.29, 1.82) is 0 Å². The summed E-state index contributed by atoms with van der Waals surface area (Å²) in [7, 11) is -2.76. The number of carbonyl (C=O) groups excluding carboxylic acids is 1. The number of fused-ring (bicyclic) bond motifs is 1. The zero-order chi connectivity index (χ0) is 23.3. The second-order valence-electron chi connectivity index (χ2n) is 8.63. The molecule has 2 saturated heterocycles. The highest BCUT2D eigenvalue weighted by molar-refractivity contribution is 8.00. The average molecular weight is 506 g/mol. The van der Waals surface area contributed by atoms with Gasteiger partial charge in [-0.15, -0.1) is 0 Å². The van der Waals surface area contributed by atoms with Crippen LogP contribution in [0.25, 0.3) is 0 Å². The minimum Gasteiger partial charge on any atom is -0.383 e. The van der Waals surface area contributed by atoms with Crippen molar-refractivity contribution >= 4 is 27.8 Å². The third kappa shape index (κ3) is 4.43. The maximum Gasteiger partial charge on any atom is 0.322 e. The molecule has 2 amide bonds. The predicted molar refractivity (Wildman–Crippen MR) is 109 cm³/mol. The minimum absolute atomic E-state index is 0.156. The highest BCUT2D eigenvalue weighted by atomic mass is 32.2. The van der Waals surface area contributed by atoms with Crippen LogP contribution >= 0.6 is 11.8 Å². The number of hydrogen-bond acceptors (Lipinski definition) is 7. The van der Waals surface area contributed by atoms with Crippen LogP contribution in [0.3, 0.4) is 0 Å². The van der Waals surface area contributed by atoms with Crippen LogP contribution in [0.1, 0.15) is 25.7 Å². The van der Waals surface area contributed by atoms with E-state index in [0.29, 0.717) is 12.8 Å². The number of rotatable bonds is 9. The van der Waals surface area contributed by atoms with Gasteiger partial charge in [0.1, 0.15) is 29.0 Å². The molecule has 4 fully saturated rings. The van der Waals surface area contributed by atoms with Crippen molar-refractivity contribution in [3.05, 3.63) is 0 Å². The minimum atomic E-state index is -4.21. The molecule has 0 bridgehead atoms. The number of hydrazine groups is 1. The summed E-state index contributed by atoms with van der Waals surface area (Å²) in [4.78, 5) is 15.9. The number of amides is 2. The van der Waals surface area contributed by atoms with Crippen LogP contribution in [-0.2, 0) is 14.8 Å². The van der Waals surface area contributed by atoms with E-state index in [2.05, 4.69) is 15.6 Å². The molecule has 6 unspecified atom stereocenters. The molecule has 2 aliphatic carbocycles. The first-order valence-corrected chi connectivity index (χ1v) is 12.9. The number of urea groups is 1. The molecule has 32 heavy (non-hydrogen) atoms. The normalized spacial score (nSPS) is 36.8. The summed E-state index contributed by atoms with van der Waals surface area (Å²) in [5, 5.41) is -2.73. The van der Waals surface area contributed by atoms with Crippen LogP contribution in [0.4, 0.5) is 22.4 Å². The van der Waals surface area contributed by atoms with Gasteiger partial charge in [-0.1, -0.05) is 11.8 Å². The number of nitrogens with zero attached hydrogens (tertiary/aromatic N) is 2. The van der Waals surface area contributed by atoms with Gasteiger partial charge in [0.2, 0.25) is 10.0 Å². The van der Waals surface area contributed by atoms with Gasteiger partial charge in [0.25, 0.3) is 6.43 Å². The van der Waals surface area contributed by atoms with Crippen LogP contribution in [0, 0.1) is 0 Å². The fourth-order valence-corrected chi connectivity index (χ4v) is 7.61. The van der Waals surface area contributed by atoms with Gasteiger partial charge in [-0.2, -0.15) is 0 Å². The van der Waals surface area contributed by atoms with Crippen molar-refractivity contribution in [2.45, 2.75) is 72.0 Å². The van der Waals surface area contributed by atoms with E-state index in [4.69, 9.17) is 4.74 Å². The lowest BCUT2D eigenvalue weighted by Crippen LogP contribution is -2.57. The Balaban J connectivity index is 1.57. The summed E-state index contributed by atoms with van der Waals surface area (Å²) in [5.41, 5.74) is 3.05. The summed E-state index contributed by atoms with van der Waals surface area (Å²) in [6, 6.07) is -1.86. The molecular formula is C17H27F4N5O4S2. The first kappa shape index (κ1) is 24.3. The lowest BCUT2D eigenvalue weighted by atomic mass is 9.88. The number of halogens is 4. The number of ether oxygens (including phenoxy) is 1. The zero-order valence-corrected chi connectivity index (χ0v) is 19.0. The molecule has 3 N–H and O–H groups in total. The van der Waals surface area contributed by atoms with Crippen molar-refractivity contribution in [3.8, 4) is 0 Å². The van der Waals surface area contributed by atoms with E-state index in [0.717, 1.165) is 11.8 Å². The largest absolute Gasteiger partial charge is 0.383 e. The van der Waals surface area contributed by atoms with Crippen molar-refractivity contribution in [2.24, 2.45) is 0 Å². The third-order valence-corrected chi connectivity index (χ3v) is 9.74. The van der Waals surface area contributed by atoms with Gasteiger partial charge < -0.3 is 9.64 Å². The van der Waals surface area contributed by atoms with Crippen LogP contribution < -0.4 is 15.6 Å². The number of methoxy groups -OCH3 is 1. The Morgan fingerprint density at radius 3 is 2.56 bits per heavy atom. The second kappa shape index (κ2) is 9.06. The first-order chi connectivity index (χ1) is 15.1. The van der Waals surface area contributed by atoms with Gasteiger partial charge >= 0.3 is 6.03 Å². The average Bonchev–Trinajstić information content (AvgIpc) is 3.22. The Bertz CT molecular complexity index is 821. The molecule has 0 aromatic carbocycles. The van der Waals surface area contributed by atoms with Gasteiger partial charge in [0.15, 0.2) is 0 Å². The highest BCUT2D eigenvalue weighted by Gasteiger charge is 2.58. The Morgan fingerprint density at radius 1 is 1.28 bits per heavy atom. The van der Waals surface area contributed by atoms with Crippen molar-refractivity contribution in [2.75, 3.05) is 26.9 Å². The number of sulfonamides is 1. The summed E-state index contributed by atoms with van der Waals surface area (Å²) in [5.74, 6) is 0. The molecule has 4 rings (SSSR count). The van der Waals surface area contributed by atoms with E-state index in [-0.39, 0.29) is 26.0 Å². The molecule has 2 heterocycles. The summed E-state index contributed by atoms with van der Waals surface area (Å²) >= 11 is 0.801. The van der Waals surface area contributed by atoms with E-state index in [1.165, 1.54) is 16.9 Å². The number of carbonyl (C=O) groups is 1. The standard InChI is InChI=1S/C17H27F4N5O4S2/c1-30-5-4-25-10-6-9(19)12(32(28,29)24-17(8-18)2-3-17)7-11(10)26(16(25)27)15-23-22-14(31-15)13(20)21/h9-15,22-24H,2-8H2,1H3. The predicted octanol–water partition coefficient (Wildman–Crippen LogP) is 0.745. The Kier molecular flexibility index (Phi) is 6.87. The zero-order valence-electron chi connectivity index (χ0n) is 17.3. The summed E-state index contributed by atoms with van der Waals surface area (Å²) in [6.07, 6.45) is -4.22. The second-order valence-corrected chi connectivity index (χ2v) is 11.8. The molecule has 0 aromatic rings. The van der Waals surface area contributed by atoms with Crippen LogP contribution in [0.2, 0.25) is 0 Å². The maximum atomic E-state index is 15.1. The highest BCUT2D eigenvalue weighted by Crippen LogP contribution is 2.43. The van der Waals surface area contributed by atoms with E-state index in [1.807, 2.05) is 0 Å². The van der Waals surface area contributed by atoms with E-state index in [1.54, 1.807) is 0 Å². The fourth-order valence-electron chi connectivity index (χ4n) is 4.60. The van der Waals surface area contributed by atoms with Crippen LogP contribution in [0.5, 0.6) is 0 Å². The van der Waals surface area contributed by atoms with Gasteiger partial charge in [-0.05, 0) is 19.3 Å². The molecule has 184 valence electrons. The fraction of sp³-hybridized carbons (Fsp3) is 0.941. The molecule has 0 aromatic heterocycles. The molecule has 0 radical (unpaired) electrons. The molecule has 9 nitrogen and oxygen atoms in total.